The molecule has 6 nitrogen and oxygen atoms in total. The molecular formula is C10H9ClF3NO5S. The van der Waals surface area contributed by atoms with Crippen molar-refractivity contribution in [3.63, 3.8) is 0 Å². The zero-order valence-corrected chi connectivity index (χ0v) is 12.0. The van der Waals surface area contributed by atoms with Crippen LogP contribution in [0.5, 0.6) is 5.75 Å². The minimum Gasteiger partial charge on any atom is -0.478 e. The topological polar surface area (TPSA) is 83.9 Å². The first-order valence-electron chi connectivity index (χ1n) is 5.30. The Hall–Kier alpha value is -1.68. The summed E-state index contributed by atoms with van der Waals surface area (Å²) in [4.78, 5) is 10.8. The molecule has 0 bridgehead atoms. The summed E-state index contributed by atoms with van der Waals surface area (Å²) < 4.78 is 63.7. The van der Waals surface area contributed by atoms with Gasteiger partial charge >= 0.3 is 12.3 Å². The van der Waals surface area contributed by atoms with Crippen molar-refractivity contribution in [2.75, 3.05) is 9.58 Å². The van der Waals surface area contributed by atoms with E-state index in [2.05, 4.69) is 4.74 Å². The zero-order valence-electron chi connectivity index (χ0n) is 10.4. The molecule has 0 aliphatic carbocycles. The SMILES string of the molecule is CCS(=O)(=O)N(Cl)c1cc(C(=O)O)ccc1OC(F)(F)F. The lowest BCUT2D eigenvalue weighted by atomic mass is 10.2. The molecule has 1 aromatic rings. The number of anilines is 1. The number of rotatable bonds is 5. The number of hydrogen-bond acceptors (Lipinski definition) is 4. The highest BCUT2D eigenvalue weighted by molar-refractivity contribution is 7.94. The monoisotopic (exact) mass is 347 g/mol. The average molecular weight is 348 g/mol. The van der Waals surface area contributed by atoms with Crippen LogP contribution in [0, 0.1) is 0 Å². The highest BCUT2D eigenvalue weighted by atomic mass is 35.5. The van der Waals surface area contributed by atoms with Crippen LogP contribution in [-0.2, 0) is 10.0 Å². The van der Waals surface area contributed by atoms with Crippen molar-refractivity contribution in [3.8, 4) is 5.75 Å². The van der Waals surface area contributed by atoms with Gasteiger partial charge < -0.3 is 9.84 Å². The molecular weight excluding hydrogens is 339 g/mol. The van der Waals surface area contributed by atoms with E-state index < -0.39 is 45.1 Å². The van der Waals surface area contributed by atoms with Crippen LogP contribution < -0.4 is 8.56 Å². The number of carboxylic acids is 1. The predicted octanol–water partition coefficient (Wildman–Crippen LogP) is 2.59. The second-order valence-electron chi connectivity index (χ2n) is 3.65. The van der Waals surface area contributed by atoms with Crippen LogP contribution in [0.3, 0.4) is 0 Å². The summed E-state index contributed by atoms with van der Waals surface area (Å²) in [6, 6.07) is 2.17. The normalized spacial score (nSPS) is 12.0. The van der Waals surface area contributed by atoms with Gasteiger partial charge in [0.1, 0.15) is 5.69 Å². The molecule has 1 rings (SSSR count). The zero-order chi connectivity index (χ0) is 16.4. The van der Waals surface area contributed by atoms with Crippen molar-refractivity contribution >= 4 is 33.5 Å². The first kappa shape index (κ1) is 17.4. The van der Waals surface area contributed by atoms with Gasteiger partial charge in [-0.15, -0.1) is 13.2 Å². The van der Waals surface area contributed by atoms with Gasteiger partial charge in [-0.1, -0.05) is 0 Å². The minimum atomic E-state index is -5.09. The molecule has 0 aromatic heterocycles. The van der Waals surface area contributed by atoms with Crippen molar-refractivity contribution in [1.82, 2.24) is 0 Å². The maximum Gasteiger partial charge on any atom is 0.573 e. The molecule has 0 amide bonds. The third-order valence-electron chi connectivity index (χ3n) is 2.23. The molecule has 0 saturated carbocycles. The second-order valence-corrected chi connectivity index (χ2v) is 6.30. The van der Waals surface area contributed by atoms with E-state index in [1.165, 1.54) is 6.92 Å². The lowest BCUT2D eigenvalue weighted by Crippen LogP contribution is -2.25. The van der Waals surface area contributed by atoms with Crippen LogP contribution in [0.25, 0.3) is 0 Å². The van der Waals surface area contributed by atoms with E-state index in [9.17, 15) is 26.4 Å². The molecule has 0 unspecified atom stereocenters. The van der Waals surface area contributed by atoms with Gasteiger partial charge in [0.2, 0.25) is 10.0 Å². The summed E-state index contributed by atoms with van der Waals surface area (Å²) in [5, 5.41) is 8.80. The Bertz CT molecular complexity index is 647. The van der Waals surface area contributed by atoms with Gasteiger partial charge in [-0.05, 0) is 25.1 Å². The molecule has 0 fully saturated rings. The van der Waals surface area contributed by atoms with Crippen LogP contribution in [-0.4, -0.2) is 31.6 Å². The summed E-state index contributed by atoms with van der Waals surface area (Å²) in [6.07, 6.45) is -5.09. The second kappa shape index (κ2) is 5.98. The standard InChI is InChI=1S/C10H9ClF3NO5S/c1-2-21(18,19)15(11)7-5-6(9(16)17)3-4-8(7)20-10(12,13)14/h3-5H,2H2,1H3,(H,16,17). The molecule has 0 radical (unpaired) electrons. The first-order chi connectivity index (χ1) is 9.48. The lowest BCUT2D eigenvalue weighted by Gasteiger charge is -2.19. The predicted molar refractivity (Wildman–Crippen MR) is 67.9 cm³/mol. The first-order valence-corrected chi connectivity index (χ1v) is 7.24. The van der Waals surface area contributed by atoms with Crippen LogP contribution in [0.1, 0.15) is 17.3 Å². The smallest absolute Gasteiger partial charge is 0.478 e. The minimum absolute atomic E-state index is 0.0283. The van der Waals surface area contributed by atoms with E-state index in [0.29, 0.717) is 12.1 Å². The van der Waals surface area contributed by atoms with Crippen LogP contribution in [0.4, 0.5) is 18.9 Å². The summed E-state index contributed by atoms with van der Waals surface area (Å²) in [6.45, 7) is 1.22. The Labute approximate surface area is 122 Å². The molecule has 0 aliphatic heterocycles. The molecule has 118 valence electrons. The van der Waals surface area contributed by atoms with E-state index in [1.54, 1.807) is 0 Å². The van der Waals surface area contributed by atoms with Crippen molar-refractivity contribution in [2.45, 2.75) is 13.3 Å². The Kier molecular flexibility index (Phi) is 4.95. The van der Waals surface area contributed by atoms with Gasteiger partial charge in [-0.3, -0.25) is 0 Å². The van der Waals surface area contributed by atoms with Gasteiger partial charge in [0.15, 0.2) is 5.75 Å². The molecule has 21 heavy (non-hydrogen) atoms. The fourth-order valence-corrected chi connectivity index (χ4v) is 2.36. The summed E-state index contributed by atoms with van der Waals surface area (Å²) in [5.41, 5.74) is -1.19. The highest BCUT2D eigenvalue weighted by Gasteiger charge is 2.34. The van der Waals surface area contributed by atoms with E-state index in [4.69, 9.17) is 16.9 Å². The quantitative estimate of drug-likeness (QED) is 0.828. The van der Waals surface area contributed by atoms with Crippen molar-refractivity contribution < 1.29 is 36.2 Å². The van der Waals surface area contributed by atoms with Crippen LogP contribution in [0.2, 0.25) is 0 Å². The third kappa shape index (κ3) is 4.39. The highest BCUT2D eigenvalue weighted by Crippen LogP contribution is 2.36. The molecule has 0 heterocycles. The maximum absolute atomic E-state index is 12.3. The van der Waals surface area contributed by atoms with Crippen molar-refractivity contribution in [3.05, 3.63) is 23.8 Å². The van der Waals surface area contributed by atoms with Crippen LogP contribution in [0.15, 0.2) is 18.2 Å². The Morgan fingerprint density at radius 1 is 1.43 bits per heavy atom. The van der Waals surface area contributed by atoms with Crippen molar-refractivity contribution in [1.29, 1.82) is 0 Å². The number of sulfonamides is 1. The lowest BCUT2D eigenvalue weighted by molar-refractivity contribution is -0.274. The number of alkyl halides is 3. The van der Waals surface area contributed by atoms with Crippen molar-refractivity contribution in [2.24, 2.45) is 0 Å². The fraction of sp³-hybridized carbons (Fsp3) is 0.300. The van der Waals surface area contributed by atoms with Gasteiger partial charge in [0, 0.05) is 11.8 Å². The number of carboxylic acid groups (broad SMARTS) is 1. The number of benzene rings is 1. The Morgan fingerprint density at radius 2 is 2.00 bits per heavy atom. The average Bonchev–Trinajstić information content (AvgIpc) is 2.36. The maximum atomic E-state index is 12.3. The number of hydrogen-bond donors (Lipinski definition) is 1. The van der Waals surface area contributed by atoms with E-state index in [1.807, 2.05) is 0 Å². The number of carbonyl (C=O) groups is 1. The van der Waals surface area contributed by atoms with Gasteiger partial charge in [-0.2, -0.15) is 3.82 Å². The number of nitrogens with zero attached hydrogens (tertiary/aromatic N) is 1. The molecule has 1 N–H and O–H groups in total. The van der Waals surface area contributed by atoms with Gasteiger partial charge in [0.25, 0.3) is 0 Å². The summed E-state index contributed by atoms with van der Waals surface area (Å²) >= 11 is 5.51. The third-order valence-corrected chi connectivity index (χ3v) is 4.46. The number of aromatic carboxylic acids is 1. The molecule has 0 saturated heterocycles. The molecule has 11 heteroatoms. The fourth-order valence-electron chi connectivity index (χ4n) is 1.26. The summed E-state index contributed by atoms with van der Waals surface area (Å²) in [5.74, 6) is -2.90. The van der Waals surface area contributed by atoms with E-state index in [0.717, 1.165) is 6.07 Å². The van der Waals surface area contributed by atoms with E-state index >= 15 is 0 Å². The van der Waals surface area contributed by atoms with E-state index in [-0.39, 0.29) is 3.82 Å². The van der Waals surface area contributed by atoms with Gasteiger partial charge in [-0.25, -0.2) is 13.2 Å². The molecule has 1 aromatic carbocycles. The molecule has 0 aliphatic rings. The Balaban J connectivity index is 3.43. The summed E-state index contributed by atoms with van der Waals surface area (Å²) in [7, 11) is -4.11. The largest absolute Gasteiger partial charge is 0.573 e. The molecule has 0 atom stereocenters. The molecule has 0 spiro atoms. The van der Waals surface area contributed by atoms with Gasteiger partial charge in [0.05, 0.1) is 11.3 Å². The number of ether oxygens (including phenoxy) is 1. The Morgan fingerprint density at radius 3 is 2.43 bits per heavy atom. The van der Waals surface area contributed by atoms with Crippen LogP contribution >= 0.6 is 11.8 Å². The number of halogens is 4.